The zero-order chi connectivity index (χ0) is 21.7. The first-order valence-electron chi connectivity index (χ1n) is 8.70. The fraction of sp³-hybridized carbons (Fsp3) is 0.158. The fourth-order valence-electron chi connectivity index (χ4n) is 2.64. The lowest BCUT2D eigenvalue weighted by molar-refractivity contribution is -0.383. The van der Waals surface area contributed by atoms with Crippen LogP contribution >= 0.6 is 11.6 Å². The summed E-state index contributed by atoms with van der Waals surface area (Å²) in [5.74, 6) is 0.732. The number of nitrogens with zero attached hydrogens (tertiary/aromatic N) is 3. The maximum Gasteiger partial charge on any atom is 0.353 e. The second kappa shape index (κ2) is 9.14. The van der Waals surface area contributed by atoms with E-state index in [9.17, 15) is 10.1 Å². The normalized spacial score (nSPS) is 10.4. The van der Waals surface area contributed by atoms with Crippen molar-refractivity contribution in [2.24, 2.45) is 0 Å². The number of rotatable bonds is 8. The molecule has 0 unspecified atom stereocenters. The average molecular weight is 431 g/mol. The number of hydrogen-bond donors (Lipinski definition) is 3. The van der Waals surface area contributed by atoms with E-state index < -0.39 is 10.6 Å². The van der Waals surface area contributed by atoms with Gasteiger partial charge >= 0.3 is 5.69 Å². The van der Waals surface area contributed by atoms with Crippen LogP contribution in [0.3, 0.4) is 0 Å². The average Bonchev–Trinajstić information content (AvgIpc) is 2.72. The highest BCUT2D eigenvalue weighted by Gasteiger charge is 2.24. The van der Waals surface area contributed by atoms with Crippen LogP contribution in [0.5, 0.6) is 11.5 Å². The Kier molecular flexibility index (Phi) is 6.38. The Labute approximate surface area is 177 Å². The van der Waals surface area contributed by atoms with Crippen LogP contribution in [0.25, 0.3) is 0 Å². The molecule has 0 saturated heterocycles. The zero-order valence-electron chi connectivity index (χ0n) is 16.2. The van der Waals surface area contributed by atoms with E-state index in [-0.39, 0.29) is 17.6 Å². The summed E-state index contributed by atoms with van der Waals surface area (Å²) in [6.45, 7) is 0.371. The van der Waals surface area contributed by atoms with Crippen molar-refractivity contribution >= 4 is 40.6 Å². The summed E-state index contributed by atoms with van der Waals surface area (Å²) in [4.78, 5) is 19.1. The van der Waals surface area contributed by atoms with Gasteiger partial charge < -0.3 is 25.8 Å². The quantitative estimate of drug-likeness (QED) is 0.357. The van der Waals surface area contributed by atoms with Crippen LogP contribution < -0.4 is 25.8 Å². The van der Waals surface area contributed by atoms with Gasteiger partial charge in [-0.1, -0.05) is 23.7 Å². The largest absolute Gasteiger partial charge is 0.497 e. The molecule has 11 heteroatoms. The van der Waals surface area contributed by atoms with E-state index in [1.165, 1.54) is 14.2 Å². The number of nitro groups is 1. The molecule has 0 spiro atoms. The Morgan fingerprint density at radius 1 is 1.13 bits per heavy atom. The fourth-order valence-corrected chi connectivity index (χ4v) is 2.77. The smallest absolute Gasteiger partial charge is 0.353 e. The molecule has 0 saturated carbocycles. The van der Waals surface area contributed by atoms with Gasteiger partial charge in [-0.3, -0.25) is 10.1 Å². The van der Waals surface area contributed by atoms with E-state index >= 15 is 0 Å². The van der Waals surface area contributed by atoms with E-state index in [0.717, 1.165) is 5.56 Å². The standard InChI is InChI=1S/C19H19ClN6O4/c1-29-13-7-8-15(30-2)14(9-13)23-18-16(26(27)28)17(21)24-19(25-18)22-10-11-3-5-12(20)6-4-11/h3-9H,10H2,1-2H3,(H4,21,22,23,24,25). The minimum atomic E-state index is -0.646. The lowest BCUT2D eigenvalue weighted by Crippen LogP contribution is -2.11. The monoisotopic (exact) mass is 430 g/mol. The van der Waals surface area contributed by atoms with Gasteiger partial charge in [0.15, 0.2) is 0 Å². The molecule has 10 nitrogen and oxygen atoms in total. The minimum absolute atomic E-state index is 0.0855. The molecule has 3 rings (SSSR count). The van der Waals surface area contributed by atoms with E-state index in [2.05, 4.69) is 20.6 Å². The lowest BCUT2D eigenvalue weighted by Gasteiger charge is -2.14. The Hall–Kier alpha value is -3.79. The molecule has 30 heavy (non-hydrogen) atoms. The molecule has 0 bridgehead atoms. The van der Waals surface area contributed by atoms with Crippen LogP contribution in [0.1, 0.15) is 5.56 Å². The molecule has 0 aliphatic carbocycles. The number of nitrogens with two attached hydrogens (primary N) is 1. The molecule has 156 valence electrons. The molecule has 0 amide bonds. The van der Waals surface area contributed by atoms with Crippen molar-refractivity contribution in [2.75, 3.05) is 30.6 Å². The first kappa shape index (κ1) is 20.9. The van der Waals surface area contributed by atoms with Crippen molar-refractivity contribution < 1.29 is 14.4 Å². The molecule has 4 N–H and O–H groups in total. The highest BCUT2D eigenvalue weighted by molar-refractivity contribution is 6.30. The van der Waals surface area contributed by atoms with Gasteiger partial charge in [0.25, 0.3) is 0 Å². The van der Waals surface area contributed by atoms with Crippen molar-refractivity contribution in [3.8, 4) is 11.5 Å². The molecule has 2 aromatic carbocycles. The second-order valence-electron chi connectivity index (χ2n) is 6.06. The number of nitrogens with one attached hydrogen (secondary N) is 2. The van der Waals surface area contributed by atoms with Crippen molar-refractivity contribution in [3.63, 3.8) is 0 Å². The molecule has 3 aromatic rings. The van der Waals surface area contributed by atoms with Crippen LogP contribution in [0.15, 0.2) is 42.5 Å². The summed E-state index contributed by atoms with van der Waals surface area (Å²) < 4.78 is 10.5. The van der Waals surface area contributed by atoms with Crippen LogP contribution in [0.4, 0.5) is 29.0 Å². The minimum Gasteiger partial charge on any atom is -0.497 e. The van der Waals surface area contributed by atoms with Gasteiger partial charge in [0.05, 0.1) is 24.8 Å². The van der Waals surface area contributed by atoms with Gasteiger partial charge in [-0.2, -0.15) is 9.97 Å². The molecular weight excluding hydrogens is 412 g/mol. The highest BCUT2D eigenvalue weighted by Crippen LogP contribution is 2.36. The van der Waals surface area contributed by atoms with Crippen LogP contribution in [0.2, 0.25) is 5.02 Å². The van der Waals surface area contributed by atoms with Crippen LogP contribution in [-0.2, 0) is 6.54 Å². The third-order valence-electron chi connectivity index (χ3n) is 4.12. The SMILES string of the molecule is COc1ccc(OC)c(Nc2nc(NCc3ccc(Cl)cc3)nc(N)c2[N+](=O)[O-])c1. The van der Waals surface area contributed by atoms with Crippen molar-refractivity contribution in [2.45, 2.75) is 6.54 Å². The number of methoxy groups -OCH3 is 2. The van der Waals surface area contributed by atoms with Crippen molar-refractivity contribution in [1.29, 1.82) is 0 Å². The van der Waals surface area contributed by atoms with Gasteiger partial charge in [-0.15, -0.1) is 0 Å². The molecule has 1 aromatic heterocycles. The maximum atomic E-state index is 11.5. The first-order valence-corrected chi connectivity index (χ1v) is 9.08. The van der Waals surface area contributed by atoms with Gasteiger partial charge in [-0.25, -0.2) is 0 Å². The Morgan fingerprint density at radius 3 is 2.50 bits per heavy atom. The molecule has 0 aliphatic rings. The first-order chi connectivity index (χ1) is 14.4. The number of benzene rings is 2. The second-order valence-corrected chi connectivity index (χ2v) is 6.49. The zero-order valence-corrected chi connectivity index (χ0v) is 16.9. The Morgan fingerprint density at radius 2 is 1.87 bits per heavy atom. The third kappa shape index (κ3) is 4.78. The van der Waals surface area contributed by atoms with Gasteiger partial charge in [0.1, 0.15) is 11.5 Å². The number of aromatic nitrogens is 2. The van der Waals surface area contributed by atoms with E-state index in [0.29, 0.717) is 28.8 Å². The molecule has 0 atom stereocenters. The number of nitrogen functional groups attached to an aromatic ring is 1. The van der Waals surface area contributed by atoms with E-state index in [1.807, 2.05) is 12.1 Å². The van der Waals surface area contributed by atoms with Crippen LogP contribution in [0, 0.1) is 10.1 Å². The Balaban J connectivity index is 1.94. The topological polar surface area (TPSA) is 137 Å². The highest BCUT2D eigenvalue weighted by atomic mass is 35.5. The van der Waals surface area contributed by atoms with Crippen molar-refractivity contribution in [3.05, 3.63) is 63.2 Å². The lowest BCUT2D eigenvalue weighted by atomic mass is 10.2. The molecular formula is C19H19ClN6O4. The molecule has 0 fully saturated rings. The number of hydrogen-bond acceptors (Lipinski definition) is 9. The summed E-state index contributed by atoms with van der Waals surface area (Å²) in [5, 5.41) is 18.1. The number of anilines is 4. The predicted molar refractivity (Wildman–Crippen MR) is 115 cm³/mol. The summed E-state index contributed by atoms with van der Waals surface area (Å²) in [7, 11) is 2.99. The number of halogens is 1. The summed E-state index contributed by atoms with van der Waals surface area (Å²) in [5.41, 5.74) is 6.74. The summed E-state index contributed by atoms with van der Waals surface area (Å²) in [6.07, 6.45) is 0. The summed E-state index contributed by atoms with van der Waals surface area (Å²) in [6, 6.07) is 12.2. The Bertz CT molecular complexity index is 1060. The maximum absolute atomic E-state index is 11.5. The summed E-state index contributed by atoms with van der Waals surface area (Å²) >= 11 is 5.89. The van der Waals surface area contributed by atoms with Gasteiger partial charge in [0, 0.05) is 17.6 Å². The predicted octanol–water partition coefficient (Wildman–Crippen LogP) is 3.99. The van der Waals surface area contributed by atoms with Crippen LogP contribution in [-0.4, -0.2) is 29.1 Å². The molecule has 1 heterocycles. The molecule has 0 radical (unpaired) electrons. The van der Waals surface area contributed by atoms with Crippen molar-refractivity contribution in [1.82, 2.24) is 9.97 Å². The van der Waals surface area contributed by atoms with E-state index in [1.54, 1.807) is 30.3 Å². The number of ether oxygens (including phenoxy) is 2. The third-order valence-corrected chi connectivity index (χ3v) is 4.37. The van der Waals surface area contributed by atoms with Gasteiger partial charge in [0.2, 0.25) is 17.6 Å². The van der Waals surface area contributed by atoms with Gasteiger partial charge in [-0.05, 0) is 29.8 Å². The molecule has 0 aliphatic heterocycles. The van der Waals surface area contributed by atoms with E-state index in [4.69, 9.17) is 26.8 Å².